The lowest BCUT2D eigenvalue weighted by Crippen LogP contribution is -2.46. The summed E-state index contributed by atoms with van der Waals surface area (Å²) in [5.41, 5.74) is 1.80. The fourth-order valence-electron chi connectivity index (χ4n) is 3.65. The van der Waals surface area contributed by atoms with Crippen LogP contribution in [-0.4, -0.2) is 39.3 Å². The molecule has 7 heteroatoms. The van der Waals surface area contributed by atoms with Crippen LogP contribution in [0.15, 0.2) is 53.5 Å². The molecule has 3 aromatic rings. The summed E-state index contributed by atoms with van der Waals surface area (Å²) in [4.78, 5) is 31.8. The first kappa shape index (κ1) is 18.2. The number of carbonyl (C=O) groups is 1. The van der Waals surface area contributed by atoms with Gasteiger partial charge in [0.2, 0.25) is 0 Å². The number of hydrogen-bond acceptors (Lipinski definition) is 4. The molecule has 0 unspecified atom stereocenters. The highest BCUT2D eigenvalue weighted by Gasteiger charge is 2.26. The molecule has 1 atom stereocenters. The number of anilines is 1. The first-order chi connectivity index (χ1) is 13.5. The predicted molar refractivity (Wildman–Crippen MR) is 105 cm³/mol. The van der Waals surface area contributed by atoms with Crippen LogP contribution < -0.4 is 10.9 Å². The molecule has 6 nitrogen and oxygen atoms in total. The number of fused-ring (bicyclic) bond motifs is 1. The van der Waals surface area contributed by atoms with Crippen molar-refractivity contribution >= 4 is 17.2 Å². The quantitative estimate of drug-likeness (QED) is 0.759. The van der Waals surface area contributed by atoms with Gasteiger partial charge in [0.05, 0.1) is 0 Å². The standard InChI is InChI=1S/C21H21FN4O2/c1-14-4-2-6-19-23-12-18(21(28)26(14)19)20(27)25-11-3-5-17(13-25)24-16-9-7-15(22)8-10-16/h2,4,6-10,12,17,24H,3,5,11,13H2,1H3/t17-/m1/s1. The second-order valence-corrected chi connectivity index (χ2v) is 7.08. The van der Waals surface area contributed by atoms with Crippen LogP contribution in [0.3, 0.4) is 0 Å². The fraction of sp³-hybridized carbons (Fsp3) is 0.286. The molecule has 1 amide bonds. The number of benzene rings is 1. The van der Waals surface area contributed by atoms with Crippen molar-refractivity contribution in [2.24, 2.45) is 0 Å². The molecule has 0 bridgehead atoms. The maximum absolute atomic E-state index is 13.1. The van der Waals surface area contributed by atoms with Crippen LogP contribution >= 0.6 is 0 Å². The van der Waals surface area contributed by atoms with Gasteiger partial charge in [-0.3, -0.25) is 14.0 Å². The Hall–Kier alpha value is -3.22. The smallest absolute Gasteiger partial charge is 0.270 e. The van der Waals surface area contributed by atoms with Crippen molar-refractivity contribution in [2.45, 2.75) is 25.8 Å². The number of aryl methyl sites for hydroxylation is 1. The fourth-order valence-corrected chi connectivity index (χ4v) is 3.65. The monoisotopic (exact) mass is 380 g/mol. The van der Waals surface area contributed by atoms with Crippen molar-refractivity contribution in [2.75, 3.05) is 18.4 Å². The molecule has 3 heterocycles. The van der Waals surface area contributed by atoms with Crippen molar-refractivity contribution < 1.29 is 9.18 Å². The minimum absolute atomic E-state index is 0.0427. The van der Waals surface area contributed by atoms with Gasteiger partial charge >= 0.3 is 0 Å². The second kappa shape index (κ2) is 7.42. The summed E-state index contributed by atoms with van der Waals surface area (Å²) < 4.78 is 14.5. The van der Waals surface area contributed by atoms with Gasteiger partial charge in [0.15, 0.2) is 0 Å². The Bertz CT molecular complexity index is 1080. The number of hydrogen-bond donors (Lipinski definition) is 1. The third-order valence-electron chi connectivity index (χ3n) is 5.08. The molecule has 0 radical (unpaired) electrons. The summed E-state index contributed by atoms with van der Waals surface area (Å²) in [6.07, 6.45) is 3.09. The number of rotatable bonds is 3. The van der Waals surface area contributed by atoms with Crippen molar-refractivity contribution in [1.29, 1.82) is 0 Å². The average Bonchev–Trinajstić information content (AvgIpc) is 2.70. The van der Waals surface area contributed by atoms with Crippen molar-refractivity contribution in [3.63, 3.8) is 0 Å². The Morgan fingerprint density at radius 2 is 2.00 bits per heavy atom. The Morgan fingerprint density at radius 3 is 2.79 bits per heavy atom. The zero-order valence-corrected chi connectivity index (χ0v) is 15.6. The molecule has 1 N–H and O–H groups in total. The molecule has 28 heavy (non-hydrogen) atoms. The number of carbonyl (C=O) groups excluding carboxylic acids is 1. The van der Waals surface area contributed by atoms with Gasteiger partial charge in [0.25, 0.3) is 11.5 Å². The minimum atomic E-state index is -0.346. The zero-order chi connectivity index (χ0) is 19.7. The van der Waals surface area contributed by atoms with E-state index in [4.69, 9.17) is 0 Å². The molecule has 1 aliphatic rings. The van der Waals surface area contributed by atoms with E-state index in [1.165, 1.54) is 22.7 Å². The number of nitrogens with one attached hydrogen (secondary N) is 1. The van der Waals surface area contributed by atoms with E-state index in [0.717, 1.165) is 24.2 Å². The van der Waals surface area contributed by atoms with E-state index in [2.05, 4.69) is 10.3 Å². The van der Waals surface area contributed by atoms with Crippen LogP contribution in [0.5, 0.6) is 0 Å². The normalized spacial score (nSPS) is 16.9. The molecule has 1 fully saturated rings. The molecular weight excluding hydrogens is 359 g/mol. The average molecular weight is 380 g/mol. The molecule has 144 valence electrons. The van der Waals surface area contributed by atoms with E-state index in [1.54, 1.807) is 23.1 Å². The third-order valence-corrected chi connectivity index (χ3v) is 5.08. The molecule has 0 saturated carbocycles. The third kappa shape index (κ3) is 3.47. The topological polar surface area (TPSA) is 66.7 Å². The maximum Gasteiger partial charge on any atom is 0.270 e. The van der Waals surface area contributed by atoms with E-state index >= 15 is 0 Å². The molecule has 4 rings (SSSR count). The maximum atomic E-state index is 13.1. The van der Waals surface area contributed by atoms with Crippen LogP contribution in [0.1, 0.15) is 28.9 Å². The number of likely N-dealkylation sites (tertiary alicyclic amines) is 1. The molecule has 1 aromatic carbocycles. The summed E-state index contributed by atoms with van der Waals surface area (Å²) in [7, 11) is 0. The van der Waals surface area contributed by atoms with Gasteiger partial charge in [-0.2, -0.15) is 0 Å². The molecule has 1 aliphatic heterocycles. The summed E-state index contributed by atoms with van der Waals surface area (Å²) in [5, 5.41) is 3.34. The van der Waals surface area contributed by atoms with Crippen molar-refractivity contribution in [1.82, 2.24) is 14.3 Å². The summed E-state index contributed by atoms with van der Waals surface area (Å²) in [6, 6.07) is 11.6. The summed E-state index contributed by atoms with van der Waals surface area (Å²) in [6.45, 7) is 2.89. The Labute approximate surface area is 161 Å². The van der Waals surface area contributed by atoms with Gasteiger partial charge < -0.3 is 10.2 Å². The van der Waals surface area contributed by atoms with Gasteiger partial charge in [-0.1, -0.05) is 6.07 Å². The number of aromatic nitrogens is 2. The SMILES string of the molecule is Cc1cccc2ncc(C(=O)N3CCC[C@@H](Nc4ccc(F)cc4)C3)c(=O)n12. The molecule has 0 spiro atoms. The van der Waals surface area contributed by atoms with E-state index in [-0.39, 0.29) is 28.9 Å². The first-order valence-corrected chi connectivity index (χ1v) is 9.32. The van der Waals surface area contributed by atoms with Crippen LogP contribution in [0.2, 0.25) is 0 Å². The number of piperidine rings is 1. The number of nitrogens with zero attached hydrogens (tertiary/aromatic N) is 3. The number of halogens is 1. The highest BCUT2D eigenvalue weighted by molar-refractivity contribution is 5.94. The number of amides is 1. The van der Waals surface area contributed by atoms with Crippen LogP contribution in [0.25, 0.3) is 5.65 Å². The number of pyridine rings is 1. The van der Waals surface area contributed by atoms with E-state index in [1.807, 2.05) is 19.1 Å². The first-order valence-electron chi connectivity index (χ1n) is 9.32. The minimum Gasteiger partial charge on any atom is -0.381 e. The lowest BCUT2D eigenvalue weighted by molar-refractivity contribution is 0.0712. The van der Waals surface area contributed by atoms with Gasteiger partial charge in [-0.05, 0) is 56.2 Å². The highest BCUT2D eigenvalue weighted by atomic mass is 19.1. The Balaban J connectivity index is 1.55. The highest BCUT2D eigenvalue weighted by Crippen LogP contribution is 2.18. The second-order valence-electron chi connectivity index (χ2n) is 7.08. The van der Waals surface area contributed by atoms with E-state index < -0.39 is 0 Å². The van der Waals surface area contributed by atoms with Gasteiger partial charge in [-0.15, -0.1) is 0 Å². The van der Waals surface area contributed by atoms with Crippen LogP contribution in [-0.2, 0) is 0 Å². The predicted octanol–water partition coefficient (Wildman–Crippen LogP) is 2.86. The molecule has 2 aromatic heterocycles. The van der Waals surface area contributed by atoms with E-state index in [0.29, 0.717) is 18.7 Å². The summed E-state index contributed by atoms with van der Waals surface area (Å²) >= 11 is 0. The van der Waals surface area contributed by atoms with Gasteiger partial charge in [-0.25, -0.2) is 9.37 Å². The van der Waals surface area contributed by atoms with E-state index in [9.17, 15) is 14.0 Å². The molecule has 1 saturated heterocycles. The van der Waals surface area contributed by atoms with Crippen LogP contribution in [0.4, 0.5) is 10.1 Å². The molecular formula is C21H21FN4O2. The van der Waals surface area contributed by atoms with Gasteiger partial charge in [0, 0.05) is 36.7 Å². The van der Waals surface area contributed by atoms with Crippen molar-refractivity contribution in [3.05, 3.63) is 76.1 Å². The lowest BCUT2D eigenvalue weighted by atomic mass is 10.0. The van der Waals surface area contributed by atoms with Crippen LogP contribution in [0, 0.1) is 12.7 Å². The Morgan fingerprint density at radius 1 is 1.21 bits per heavy atom. The Kier molecular flexibility index (Phi) is 4.81. The van der Waals surface area contributed by atoms with Gasteiger partial charge in [0.1, 0.15) is 17.0 Å². The summed E-state index contributed by atoms with van der Waals surface area (Å²) in [5.74, 6) is -0.591. The van der Waals surface area contributed by atoms with Crippen molar-refractivity contribution in [3.8, 4) is 0 Å². The molecule has 0 aliphatic carbocycles. The zero-order valence-electron chi connectivity index (χ0n) is 15.6. The largest absolute Gasteiger partial charge is 0.381 e. The lowest BCUT2D eigenvalue weighted by Gasteiger charge is -2.33.